The van der Waals surface area contributed by atoms with Gasteiger partial charge in [0.1, 0.15) is 0 Å². The Labute approximate surface area is 88.7 Å². The van der Waals surface area contributed by atoms with Crippen molar-refractivity contribution in [2.45, 2.75) is 0 Å². The first-order valence-electron chi connectivity index (χ1n) is 4.68. The van der Waals surface area contributed by atoms with Gasteiger partial charge in [0.2, 0.25) is 0 Å². The Morgan fingerprint density at radius 3 is 2.53 bits per heavy atom. The minimum absolute atomic E-state index is 0.651. The fraction of sp³-hybridized carbons (Fsp3) is 0. The first-order valence-corrected chi connectivity index (χ1v) is 4.68. The van der Waals surface area contributed by atoms with Gasteiger partial charge < -0.3 is 4.98 Å². The maximum absolute atomic E-state index is 7.14. The molecule has 0 fully saturated rings. The number of H-pyrrole nitrogens is 1. The van der Waals surface area contributed by atoms with E-state index in [2.05, 4.69) is 9.83 Å². The smallest absolute Gasteiger partial charge is 0.196 e. The lowest BCUT2D eigenvalue weighted by molar-refractivity contribution is 1.38. The topological polar surface area (TPSA) is 20.1 Å². The molecule has 1 heterocycles. The fourth-order valence-corrected chi connectivity index (χ4v) is 1.37. The van der Waals surface area contributed by atoms with Gasteiger partial charge in [-0.3, -0.25) is 0 Å². The minimum atomic E-state index is 0.651. The van der Waals surface area contributed by atoms with Crippen LogP contribution in [0.15, 0.2) is 48.7 Å². The summed E-state index contributed by atoms with van der Waals surface area (Å²) >= 11 is 0. The summed E-state index contributed by atoms with van der Waals surface area (Å²) < 4.78 is 0. The van der Waals surface area contributed by atoms with Crippen LogP contribution in [0, 0.1) is 6.57 Å². The number of nitrogens with zero attached hydrogens (tertiary/aromatic N) is 1. The summed E-state index contributed by atoms with van der Waals surface area (Å²) in [7, 11) is 0. The van der Waals surface area contributed by atoms with E-state index in [1.54, 1.807) is 0 Å². The lowest BCUT2D eigenvalue weighted by atomic mass is 10.1. The summed E-state index contributed by atoms with van der Waals surface area (Å²) in [5.74, 6) is 0. The predicted molar refractivity (Wildman–Crippen MR) is 61.7 cm³/mol. The molecule has 0 bridgehead atoms. The molecule has 1 aromatic carbocycles. The summed E-state index contributed by atoms with van der Waals surface area (Å²) in [4.78, 5) is 6.58. The first-order chi connectivity index (χ1) is 7.40. The fourth-order valence-electron chi connectivity index (χ4n) is 1.37. The van der Waals surface area contributed by atoms with Crippen LogP contribution in [-0.4, -0.2) is 4.98 Å². The maximum atomic E-state index is 7.14. The summed E-state index contributed by atoms with van der Waals surface area (Å²) in [6, 6.07) is 13.5. The third-order valence-electron chi connectivity index (χ3n) is 2.10. The molecule has 1 aromatic heterocycles. The molecular weight excluding hydrogens is 184 g/mol. The van der Waals surface area contributed by atoms with Crippen LogP contribution in [0.4, 0.5) is 0 Å². The van der Waals surface area contributed by atoms with E-state index in [4.69, 9.17) is 6.57 Å². The van der Waals surface area contributed by atoms with Crippen LogP contribution < -0.4 is 0 Å². The van der Waals surface area contributed by atoms with E-state index < -0.39 is 0 Å². The van der Waals surface area contributed by atoms with Crippen LogP contribution in [0.2, 0.25) is 0 Å². The molecule has 72 valence electrons. The number of hydrogen-bond acceptors (Lipinski definition) is 0. The summed E-state index contributed by atoms with van der Waals surface area (Å²) in [6.45, 7) is 7.14. The molecule has 1 N–H and O–H groups in total. The summed E-state index contributed by atoms with van der Waals surface area (Å²) in [5.41, 5.74) is 2.55. The molecule has 2 nitrogen and oxygen atoms in total. The molecule has 0 saturated carbocycles. The molecule has 0 amide bonds. The van der Waals surface area contributed by atoms with E-state index >= 15 is 0 Å². The quantitative estimate of drug-likeness (QED) is 0.707. The molecule has 15 heavy (non-hydrogen) atoms. The van der Waals surface area contributed by atoms with Crippen LogP contribution in [0.1, 0.15) is 11.3 Å². The third kappa shape index (κ3) is 2.15. The van der Waals surface area contributed by atoms with Crippen molar-refractivity contribution in [1.82, 2.24) is 4.98 Å². The van der Waals surface area contributed by atoms with Gasteiger partial charge in [-0.2, -0.15) is 0 Å². The highest BCUT2D eigenvalue weighted by molar-refractivity contribution is 5.84. The van der Waals surface area contributed by atoms with Crippen molar-refractivity contribution >= 4 is 11.8 Å². The zero-order valence-corrected chi connectivity index (χ0v) is 8.14. The monoisotopic (exact) mass is 194 g/mol. The van der Waals surface area contributed by atoms with Crippen molar-refractivity contribution < 1.29 is 0 Å². The SMILES string of the molecule is [C-]#[N+]C(=Cc1ccc[nH]1)c1ccccc1. The molecule has 0 aliphatic heterocycles. The number of hydrogen-bond donors (Lipinski definition) is 1. The van der Waals surface area contributed by atoms with Crippen LogP contribution in [-0.2, 0) is 0 Å². The molecular formula is C13H10N2. The highest BCUT2D eigenvalue weighted by Crippen LogP contribution is 2.18. The normalized spacial score (nSPS) is 11.0. The van der Waals surface area contributed by atoms with Crippen molar-refractivity contribution in [2.24, 2.45) is 0 Å². The van der Waals surface area contributed by atoms with Crippen LogP contribution in [0.25, 0.3) is 16.6 Å². The number of rotatable bonds is 2. The van der Waals surface area contributed by atoms with Gasteiger partial charge in [-0.1, -0.05) is 30.3 Å². The Hall–Kier alpha value is -2.27. The molecule has 0 saturated heterocycles. The van der Waals surface area contributed by atoms with Gasteiger partial charge in [-0.05, 0) is 23.8 Å². The Morgan fingerprint density at radius 2 is 1.93 bits per heavy atom. The van der Waals surface area contributed by atoms with E-state index in [9.17, 15) is 0 Å². The van der Waals surface area contributed by atoms with Crippen LogP contribution in [0.5, 0.6) is 0 Å². The second kappa shape index (κ2) is 4.30. The Kier molecular flexibility index (Phi) is 2.66. The van der Waals surface area contributed by atoms with E-state index in [-0.39, 0.29) is 0 Å². The van der Waals surface area contributed by atoms with E-state index in [0.717, 1.165) is 11.3 Å². The largest absolute Gasteiger partial charge is 0.363 e. The van der Waals surface area contributed by atoms with Crippen molar-refractivity contribution in [3.63, 3.8) is 0 Å². The minimum Gasteiger partial charge on any atom is -0.363 e. The Balaban J connectivity index is 2.38. The predicted octanol–water partition coefficient (Wildman–Crippen LogP) is 3.43. The Morgan fingerprint density at radius 1 is 1.13 bits per heavy atom. The number of benzene rings is 1. The molecule has 0 atom stereocenters. The second-order valence-corrected chi connectivity index (χ2v) is 3.13. The van der Waals surface area contributed by atoms with Gasteiger partial charge in [0, 0.05) is 11.9 Å². The molecule has 2 rings (SSSR count). The first kappa shape index (κ1) is 9.29. The zero-order chi connectivity index (χ0) is 10.5. The average molecular weight is 194 g/mol. The molecule has 0 aliphatic carbocycles. The van der Waals surface area contributed by atoms with Crippen molar-refractivity contribution in [2.75, 3.05) is 0 Å². The number of aromatic amines is 1. The molecule has 0 unspecified atom stereocenters. The van der Waals surface area contributed by atoms with Gasteiger partial charge in [0.25, 0.3) is 0 Å². The van der Waals surface area contributed by atoms with Crippen molar-refractivity contribution in [3.8, 4) is 0 Å². The summed E-state index contributed by atoms with van der Waals surface area (Å²) in [6.07, 6.45) is 3.70. The highest BCUT2D eigenvalue weighted by atomic mass is 14.7. The lowest BCUT2D eigenvalue weighted by Gasteiger charge is -1.97. The van der Waals surface area contributed by atoms with Crippen molar-refractivity contribution in [3.05, 3.63) is 71.3 Å². The van der Waals surface area contributed by atoms with Crippen LogP contribution in [0.3, 0.4) is 0 Å². The highest BCUT2D eigenvalue weighted by Gasteiger charge is 1.99. The molecule has 2 heteroatoms. The maximum Gasteiger partial charge on any atom is 0.196 e. The van der Waals surface area contributed by atoms with Gasteiger partial charge in [0.05, 0.1) is 6.57 Å². The second-order valence-electron chi connectivity index (χ2n) is 3.13. The Bertz CT molecular complexity index is 487. The third-order valence-corrected chi connectivity index (χ3v) is 2.10. The molecule has 0 aliphatic rings. The molecule has 2 aromatic rings. The van der Waals surface area contributed by atoms with Gasteiger partial charge >= 0.3 is 0 Å². The number of aromatic nitrogens is 1. The standard InChI is InChI=1S/C13H10N2/c1-14-13(10-12-8-5-9-15-12)11-6-3-2-4-7-11/h2-10,15H. The van der Waals surface area contributed by atoms with Crippen LogP contribution >= 0.6 is 0 Å². The van der Waals surface area contributed by atoms with Gasteiger partial charge in [-0.15, -0.1) is 0 Å². The number of nitrogens with one attached hydrogen (secondary N) is 1. The zero-order valence-electron chi connectivity index (χ0n) is 8.14. The van der Waals surface area contributed by atoms with E-state index in [1.165, 1.54) is 0 Å². The molecule has 0 radical (unpaired) electrons. The summed E-state index contributed by atoms with van der Waals surface area (Å²) in [5, 5.41) is 0. The van der Waals surface area contributed by atoms with Gasteiger partial charge in [-0.25, -0.2) is 4.85 Å². The van der Waals surface area contributed by atoms with E-state index in [1.807, 2.05) is 54.7 Å². The van der Waals surface area contributed by atoms with Crippen molar-refractivity contribution in [1.29, 1.82) is 0 Å². The van der Waals surface area contributed by atoms with E-state index in [0.29, 0.717) is 5.70 Å². The average Bonchev–Trinajstić information content (AvgIpc) is 2.80. The lowest BCUT2D eigenvalue weighted by Crippen LogP contribution is -1.78. The molecule has 0 spiro atoms. The van der Waals surface area contributed by atoms with Gasteiger partial charge in [0.15, 0.2) is 5.70 Å².